The predicted molar refractivity (Wildman–Crippen MR) is 48.1 cm³/mol. The topological polar surface area (TPSA) is 52.3 Å². The maximum Gasteiger partial charge on any atom is 0.411 e. The van der Waals surface area contributed by atoms with Crippen molar-refractivity contribution in [2.75, 3.05) is 18.3 Å². The molecule has 3 nitrogen and oxygen atoms in total. The number of hydrogen-bond donors (Lipinski definition) is 1. The molecule has 7 heteroatoms. The lowest BCUT2D eigenvalue weighted by atomic mass is 10.3. The van der Waals surface area contributed by atoms with E-state index in [0.29, 0.717) is 6.42 Å². The maximum atomic E-state index is 11.6. The Morgan fingerprint density at radius 2 is 2.07 bits per heavy atom. The molecule has 0 spiro atoms. The minimum atomic E-state index is -4.36. The molecule has 0 aromatic carbocycles. The van der Waals surface area contributed by atoms with Crippen LogP contribution in [0.15, 0.2) is 0 Å². The standard InChI is InChI=1S/C7H14F3NO2S/c1-2-6(11)3-14(12)5-13-4-7(8,9)10/h6H,2-5,11H2,1H3. The van der Waals surface area contributed by atoms with Gasteiger partial charge in [0.05, 0.1) is 0 Å². The summed E-state index contributed by atoms with van der Waals surface area (Å²) < 4.78 is 50.0. The van der Waals surface area contributed by atoms with Crippen LogP contribution in [0.5, 0.6) is 0 Å². The predicted octanol–water partition coefficient (Wildman–Crippen LogP) is 1.01. The summed E-state index contributed by atoms with van der Waals surface area (Å²) in [7, 11) is -1.43. The van der Waals surface area contributed by atoms with Crippen LogP contribution in [-0.2, 0) is 15.5 Å². The third-order valence-electron chi connectivity index (χ3n) is 1.40. The van der Waals surface area contributed by atoms with E-state index in [9.17, 15) is 17.4 Å². The van der Waals surface area contributed by atoms with Crippen LogP contribution in [0, 0.1) is 0 Å². The monoisotopic (exact) mass is 233 g/mol. The molecule has 14 heavy (non-hydrogen) atoms. The van der Waals surface area contributed by atoms with Crippen molar-refractivity contribution < 1.29 is 22.1 Å². The lowest BCUT2D eigenvalue weighted by Crippen LogP contribution is -2.28. The fourth-order valence-corrected chi connectivity index (χ4v) is 1.73. The lowest BCUT2D eigenvalue weighted by molar-refractivity contribution is -0.169. The van der Waals surface area contributed by atoms with Crippen molar-refractivity contribution in [2.45, 2.75) is 25.6 Å². The third-order valence-corrected chi connectivity index (χ3v) is 2.63. The second-order valence-electron chi connectivity index (χ2n) is 2.86. The first-order chi connectivity index (χ1) is 6.35. The van der Waals surface area contributed by atoms with Gasteiger partial charge >= 0.3 is 6.18 Å². The van der Waals surface area contributed by atoms with E-state index in [-0.39, 0.29) is 11.8 Å². The first kappa shape index (κ1) is 13.9. The molecule has 0 bridgehead atoms. The van der Waals surface area contributed by atoms with E-state index in [1.807, 2.05) is 6.92 Å². The summed E-state index contributed by atoms with van der Waals surface area (Å²) in [4.78, 5) is 0. The van der Waals surface area contributed by atoms with Gasteiger partial charge in [0.15, 0.2) is 0 Å². The molecule has 0 aliphatic carbocycles. The summed E-state index contributed by atoms with van der Waals surface area (Å²) in [5.41, 5.74) is 5.46. The molecule has 0 heterocycles. The number of halogens is 3. The van der Waals surface area contributed by atoms with Crippen molar-refractivity contribution in [2.24, 2.45) is 5.73 Å². The molecule has 2 N–H and O–H groups in total. The van der Waals surface area contributed by atoms with Gasteiger partial charge in [0.25, 0.3) is 0 Å². The molecular formula is C7H14F3NO2S. The van der Waals surface area contributed by atoms with Crippen LogP contribution in [0.4, 0.5) is 13.2 Å². The number of hydrogen-bond acceptors (Lipinski definition) is 3. The Hall–Kier alpha value is -0.140. The number of nitrogens with two attached hydrogens (primary N) is 1. The summed E-state index contributed by atoms with van der Waals surface area (Å²) >= 11 is 0. The van der Waals surface area contributed by atoms with Crippen molar-refractivity contribution in [1.82, 2.24) is 0 Å². The van der Waals surface area contributed by atoms with Crippen LogP contribution in [0.25, 0.3) is 0 Å². The van der Waals surface area contributed by atoms with Gasteiger partial charge in [-0.15, -0.1) is 0 Å². The molecule has 0 saturated carbocycles. The summed E-state index contributed by atoms with van der Waals surface area (Å²) in [6, 6.07) is -0.245. The zero-order chi connectivity index (χ0) is 11.2. The summed E-state index contributed by atoms with van der Waals surface area (Å²) in [6.45, 7) is 0.457. The second kappa shape index (κ2) is 6.36. The minimum Gasteiger partial charge on any atom is -0.359 e. The van der Waals surface area contributed by atoms with Gasteiger partial charge in [-0.2, -0.15) is 13.2 Å². The van der Waals surface area contributed by atoms with Gasteiger partial charge in [-0.3, -0.25) is 4.21 Å². The average Bonchev–Trinajstić information content (AvgIpc) is 2.01. The molecule has 0 saturated heterocycles. The van der Waals surface area contributed by atoms with Gasteiger partial charge in [-0.1, -0.05) is 6.92 Å². The molecular weight excluding hydrogens is 219 g/mol. The zero-order valence-corrected chi connectivity index (χ0v) is 8.66. The van der Waals surface area contributed by atoms with E-state index in [0.717, 1.165) is 0 Å². The molecule has 0 aromatic heterocycles. The fourth-order valence-electron chi connectivity index (χ4n) is 0.655. The SMILES string of the molecule is CCC(N)CS(=O)COCC(F)(F)F. The highest BCUT2D eigenvalue weighted by Crippen LogP contribution is 2.14. The molecule has 0 aliphatic rings. The molecule has 2 atom stereocenters. The molecule has 0 amide bonds. The van der Waals surface area contributed by atoms with Crippen LogP contribution in [0.3, 0.4) is 0 Å². The summed E-state index contributed by atoms with van der Waals surface area (Å²) in [6.07, 6.45) is -3.72. The zero-order valence-electron chi connectivity index (χ0n) is 7.84. The van der Waals surface area contributed by atoms with E-state index in [2.05, 4.69) is 4.74 Å². The smallest absolute Gasteiger partial charge is 0.359 e. The Morgan fingerprint density at radius 3 is 2.50 bits per heavy atom. The Balaban J connectivity index is 3.55. The summed E-state index contributed by atoms with van der Waals surface area (Å²) in [5.74, 6) is -0.235. The van der Waals surface area contributed by atoms with Gasteiger partial charge in [-0.25, -0.2) is 0 Å². The van der Waals surface area contributed by atoms with Crippen LogP contribution in [-0.4, -0.2) is 34.7 Å². The van der Waals surface area contributed by atoms with Crippen LogP contribution < -0.4 is 5.73 Å². The van der Waals surface area contributed by atoms with Crippen molar-refractivity contribution in [3.05, 3.63) is 0 Å². The normalized spacial score (nSPS) is 16.6. The number of rotatable bonds is 6. The van der Waals surface area contributed by atoms with Gasteiger partial charge in [0, 0.05) is 22.6 Å². The van der Waals surface area contributed by atoms with E-state index >= 15 is 0 Å². The van der Waals surface area contributed by atoms with Gasteiger partial charge in [-0.05, 0) is 6.42 Å². The van der Waals surface area contributed by atoms with Crippen molar-refractivity contribution in [3.8, 4) is 0 Å². The van der Waals surface area contributed by atoms with Crippen molar-refractivity contribution in [1.29, 1.82) is 0 Å². The lowest BCUT2D eigenvalue weighted by Gasteiger charge is -2.09. The highest BCUT2D eigenvalue weighted by atomic mass is 32.2. The number of alkyl halides is 3. The van der Waals surface area contributed by atoms with Gasteiger partial charge in [0.2, 0.25) is 0 Å². The van der Waals surface area contributed by atoms with Crippen molar-refractivity contribution >= 4 is 10.8 Å². The molecule has 0 fully saturated rings. The van der Waals surface area contributed by atoms with E-state index in [1.165, 1.54) is 0 Å². The Morgan fingerprint density at radius 1 is 1.50 bits per heavy atom. The highest BCUT2D eigenvalue weighted by Gasteiger charge is 2.27. The number of ether oxygens (including phenoxy) is 1. The van der Waals surface area contributed by atoms with Crippen LogP contribution >= 0.6 is 0 Å². The molecule has 0 aromatic rings. The van der Waals surface area contributed by atoms with Gasteiger partial charge < -0.3 is 10.5 Å². The largest absolute Gasteiger partial charge is 0.411 e. The van der Waals surface area contributed by atoms with E-state index in [4.69, 9.17) is 5.73 Å². The summed E-state index contributed by atoms with van der Waals surface area (Å²) in [5, 5.41) is 0. The first-order valence-electron chi connectivity index (χ1n) is 4.10. The average molecular weight is 233 g/mol. The maximum absolute atomic E-state index is 11.6. The molecule has 0 aliphatic heterocycles. The van der Waals surface area contributed by atoms with Crippen molar-refractivity contribution in [3.63, 3.8) is 0 Å². The first-order valence-corrected chi connectivity index (χ1v) is 5.59. The molecule has 2 unspecified atom stereocenters. The molecule has 0 radical (unpaired) electrons. The fraction of sp³-hybridized carbons (Fsp3) is 1.00. The van der Waals surface area contributed by atoms with Crippen LogP contribution in [0.1, 0.15) is 13.3 Å². The molecule has 0 rings (SSSR count). The van der Waals surface area contributed by atoms with E-state index < -0.39 is 29.5 Å². The Labute approximate surface area is 83.3 Å². The quantitative estimate of drug-likeness (QED) is 0.745. The third kappa shape index (κ3) is 8.46. The Bertz CT molecular complexity index is 186. The van der Waals surface area contributed by atoms with Gasteiger partial charge in [0.1, 0.15) is 12.5 Å². The van der Waals surface area contributed by atoms with Crippen LogP contribution in [0.2, 0.25) is 0 Å². The Kier molecular flexibility index (Phi) is 6.30. The second-order valence-corrected chi connectivity index (χ2v) is 4.30. The van der Waals surface area contributed by atoms with E-state index in [1.54, 1.807) is 0 Å². The highest BCUT2D eigenvalue weighted by molar-refractivity contribution is 7.84. The minimum absolute atomic E-state index is 0.175. The molecule has 86 valence electrons.